The Labute approximate surface area is 128 Å². The maximum atomic E-state index is 6.16. The highest BCUT2D eigenvalue weighted by molar-refractivity contribution is 6.33. The van der Waals surface area contributed by atoms with Crippen LogP contribution in [0.2, 0.25) is 5.02 Å². The van der Waals surface area contributed by atoms with E-state index in [0.717, 1.165) is 11.3 Å². The lowest BCUT2D eigenvalue weighted by Gasteiger charge is -2.12. The molecule has 2 aromatic rings. The third-order valence-corrected chi connectivity index (χ3v) is 2.88. The van der Waals surface area contributed by atoms with Gasteiger partial charge in [0.1, 0.15) is 0 Å². The number of rotatable bonds is 5. The fourth-order valence-electron chi connectivity index (χ4n) is 1.64. The Kier molecular flexibility index (Phi) is 4.80. The van der Waals surface area contributed by atoms with Crippen LogP contribution in [0, 0.1) is 6.92 Å². The van der Waals surface area contributed by atoms with E-state index >= 15 is 0 Å². The number of hydrogen-bond donors (Lipinski definition) is 2. The van der Waals surface area contributed by atoms with Gasteiger partial charge in [-0.05, 0) is 38.5 Å². The Morgan fingerprint density at radius 1 is 1.14 bits per heavy atom. The summed E-state index contributed by atoms with van der Waals surface area (Å²) in [6.07, 6.45) is -0.0208. The summed E-state index contributed by atoms with van der Waals surface area (Å²) in [5.41, 5.74) is 1.82. The molecule has 112 valence electrons. The van der Waals surface area contributed by atoms with Crippen molar-refractivity contribution in [2.75, 3.05) is 17.7 Å². The first-order valence-electron chi connectivity index (χ1n) is 6.61. The van der Waals surface area contributed by atoms with E-state index in [1.807, 2.05) is 39.0 Å². The highest BCUT2D eigenvalue weighted by Gasteiger charge is 2.10. The number of nitrogens with zero attached hydrogens (tertiary/aromatic N) is 3. The number of ether oxygens (including phenoxy) is 1. The van der Waals surface area contributed by atoms with Gasteiger partial charge in [0.05, 0.1) is 16.8 Å². The van der Waals surface area contributed by atoms with Crippen LogP contribution in [0.4, 0.5) is 17.6 Å². The molecule has 0 unspecified atom stereocenters. The van der Waals surface area contributed by atoms with E-state index in [0.29, 0.717) is 16.9 Å². The summed E-state index contributed by atoms with van der Waals surface area (Å²) >= 11 is 6.16. The van der Waals surface area contributed by atoms with E-state index in [4.69, 9.17) is 16.3 Å². The molecule has 0 saturated carbocycles. The van der Waals surface area contributed by atoms with Crippen molar-refractivity contribution in [1.82, 2.24) is 15.0 Å². The molecule has 0 aliphatic carbocycles. The van der Waals surface area contributed by atoms with Crippen molar-refractivity contribution in [1.29, 1.82) is 0 Å². The molecule has 0 aliphatic rings. The number of aromatic nitrogens is 3. The van der Waals surface area contributed by atoms with Gasteiger partial charge in [-0.3, -0.25) is 0 Å². The quantitative estimate of drug-likeness (QED) is 0.882. The van der Waals surface area contributed by atoms with Crippen LogP contribution in [-0.2, 0) is 0 Å². The first kappa shape index (κ1) is 15.3. The number of hydrogen-bond acceptors (Lipinski definition) is 6. The molecule has 0 saturated heterocycles. The Morgan fingerprint density at radius 3 is 2.52 bits per heavy atom. The fraction of sp³-hybridized carbons (Fsp3) is 0.357. The van der Waals surface area contributed by atoms with Crippen LogP contribution in [0.25, 0.3) is 0 Å². The fourth-order valence-corrected chi connectivity index (χ4v) is 1.81. The van der Waals surface area contributed by atoms with Gasteiger partial charge in [0.15, 0.2) is 0 Å². The zero-order valence-corrected chi connectivity index (χ0v) is 13.2. The van der Waals surface area contributed by atoms with Crippen LogP contribution in [0.5, 0.6) is 6.01 Å². The molecule has 21 heavy (non-hydrogen) atoms. The van der Waals surface area contributed by atoms with Gasteiger partial charge >= 0.3 is 6.01 Å². The average Bonchev–Trinajstić information content (AvgIpc) is 2.42. The second kappa shape index (κ2) is 6.58. The number of benzene rings is 1. The largest absolute Gasteiger partial charge is 0.461 e. The SMILES string of the molecule is CNc1nc(Nc2cc(C)ccc2Cl)nc(OC(C)C)n1. The van der Waals surface area contributed by atoms with Gasteiger partial charge in [-0.25, -0.2) is 0 Å². The molecular formula is C14H18ClN5O. The van der Waals surface area contributed by atoms with E-state index in [1.54, 1.807) is 7.05 Å². The van der Waals surface area contributed by atoms with Crippen molar-refractivity contribution < 1.29 is 4.74 Å². The van der Waals surface area contributed by atoms with Crippen LogP contribution in [0.15, 0.2) is 18.2 Å². The van der Waals surface area contributed by atoms with Gasteiger partial charge in [-0.2, -0.15) is 15.0 Å². The minimum atomic E-state index is -0.0208. The minimum absolute atomic E-state index is 0.0208. The number of aryl methyl sites for hydroxylation is 1. The van der Waals surface area contributed by atoms with Gasteiger partial charge < -0.3 is 15.4 Å². The van der Waals surface area contributed by atoms with E-state index in [9.17, 15) is 0 Å². The second-order valence-electron chi connectivity index (χ2n) is 4.79. The zero-order chi connectivity index (χ0) is 15.4. The van der Waals surface area contributed by atoms with Crippen molar-refractivity contribution in [2.24, 2.45) is 0 Å². The van der Waals surface area contributed by atoms with Crippen molar-refractivity contribution in [2.45, 2.75) is 26.9 Å². The molecule has 2 N–H and O–H groups in total. The lowest BCUT2D eigenvalue weighted by Crippen LogP contribution is -2.12. The summed E-state index contributed by atoms with van der Waals surface area (Å²) in [7, 11) is 1.73. The molecule has 2 rings (SSSR count). The Bertz CT molecular complexity index is 633. The van der Waals surface area contributed by atoms with Crippen molar-refractivity contribution in [3.05, 3.63) is 28.8 Å². The van der Waals surface area contributed by atoms with Gasteiger partial charge in [0, 0.05) is 7.05 Å². The highest BCUT2D eigenvalue weighted by Crippen LogP contribution is 2.26. The molecular weight excluding hydrogens is 290 g/mol. The summed E-state index contributed by atoms with van der Waals surface area (Å²) in [6.45, 7) is 5.81. The van der Waals surface area contributed by atoms with E-state index in [2.05, 4.69) is 25.6 Å². The van der Waals surface area contributed by atoms with E-state index in [-0.39, 0.29) is 12.1 Å². The summed E-state index contributed by atoms with van der Waals surface area (Å²) in [4.78, 5) is 12.6. The van der Waals surface area contributed by atoms with Crippen LogP contribution in [-0.4, -0.2) is 28.1 Å². The smallest absolute Gasteiger partial charge is 0.323 e. The minimum Gasteiger partial charge on any atom is -0.461 e. The lowest BCUT2D eigenvalue weighted by atomic mass is 10.2. The summed E-state index contributed by atoms with van der Waals surface area (Å²) in [5.74, 6) is 0.796. The molecule has 6 nitrogen and oxygen atoms in total. The molecule has 0 radical (unpaired) electrons. The normalized spacial score (nSPS) is 10.6. The average molecular weight is 308 g/mol. The number of anilines is 3. The molecule has 0 atom stereocenters. The number of nitrogens with one attached hydrogen (secondary N) is 2. The Morgan fingerprint density at radius 2 is 1.86 bits per heavy atom. The molecule has 0 fully saturated rings. The first-order chi connectivity index (χ1) is 9.97. The van der Waals surface area contributed by atoms with Crippen molar-refractivity contribution in [3.8, 4) is 6.01 Å². The number of halogens is 1. The maximum Gasteiger partial charge on any atom is 0.323 e. The van der Waals surface area contributed by atoms with Gasteiger partial charge in [0.25, 0.3) is 0 Å². The van der Waals surface area contributed by atoms with Gasteiger partial charge in [-0.1, -0.05) is 17.7 Å². The monoisotopic (exact) mass is 307 g/mol. The molecule has 0 aliphatic heterocycles. The van der Waals surface area contributed by atoms with Gasteiger partial charge in [-0.15, -0.1) is 0 Å². The predicted molar refractivity (Wildman–Crippen MR) is 84.6 cm³/mol. The molecule has 1 aromatic carbocycles. The van der Waals surface area contributed by atoms with Crippen LogP contribution < -0.4 is 15.4 Å². The lowest BCUT2D eigenvalue weighted by molar-refractivity contribution is 0.222. The predicted octanol–water partition coefficient (Wildman–Crippen LogP) is 3.41. The third-order valence-electron chi connectivity index (χ3n) is 2.55. The van der Waals surface area contributed by atoms with Crippen LogP contribution in [0.3, 0.4) is 0 Å². The van der Waals surface area contributed by atoms with E-state index in [1.165, 1.54) is 0 Å². The molecule has 0 spiro atoms. The summed E-state index contributed by atoms with van der Waals surface area (Å²) < 4.78 is 5.51. The first-order valence-corrected chi connectivity index (χ1v) is 6.99. The highest BCUT2D eigenvalue weighted by atomic mass is 35.5. The topological polar surface area (TPSA) is 72.0 Å². The van der Waals surface area contributed by atoms with Gasteiger partial charge in [0.2, 0.25) is 11.9 Å². The third kappa shape index (κ3) is 4.19. The molecule has 0 bridgehead atoms. The van der Waals surface area contributed by atoms with E-state index < -0.39 is 0 Å². The molecule has 1 heterocycles. The van der Waals surface area contributed by atoms with Crippen molar-refractivity contribution in [3.63, 3.8) is 0 Å². The van der Waals surface area contributed by atoms with Crippen LogP contribution >= 0.6 is 11.6 Å². The molecule has 1 aromatic heterocycles. The Balaban J connectivity index is 2.32. The van der Waals surface area contributed by atoms with Crippen LogP contribution in [0.1, 0.15) is 19.4 Å². The Hall–Kier alpha value is -2.08. The molecule has 7 heteroatoms. The van der Waals surface area contributed by atoms with Crippen molar-refractivity contribution >= 4 is 29.2 Å². The molecule has 0 amide bonds. The summed E-state index contributed by atoms with van der Waals surface area (Å²) in [5, 5.41) is 6.56. The zero-order valence-electron chi connectivity index (χ0n) is 12.4. The second-order valence-corrected chi connectivity index (χ2v) is 5.20. The summed E-state index contributed by atoms with van der Waals surface area (Å²) in [6, 6.07) is 5.95. The maximum absolute atomic E-state index is 6.16. The standard InChI is InChI=1S/C14H18ClN5O/c1-8(2)21-14-19-12(16-4)18-13(20-14)17-11-7-9(3)5-6-10(11)15/h5-8H,1-4H3,(H2,16,17,18,19,20).